The summed E-state index contributed by atoms with van der Waals surface area (Å²) in [6.45, 7) is 12.7. The number of aryl methyl sites for hydroxylation is 1. The number of nitrogens with zero attached hydrogens (tertiary/aromatic N) is 7. The van der Waals surface area contributed by atoms with Crippen molar-refractivity contribution < 1.29 is 13.9 Å². The van der Waals surface area contributed by atoms with Gasteiger partial charge < -0.3 is 19.9 Å². The van der Waals surface area contributed by atoms with Crippen LogP contribution in [-0.4, -0.2) is 78.7 Å². The predicted octanol–water partition coefficient (Wildman–Crippen LogP) is 4.47. The third-order valence-corrected chi connectivity index (χ3v) is 7.34. The number of aliphatic hydroxyl groups excluding tert-OH is 1. The van der Waals surface area contributed by atoms with E-state index in [0.29, 0.717) is 22.7 Å². The second-order valence-electron chi connectivity index (χ2n) is 10.1. The van der Waals surface area contributed by atoms with Gasteiger partial charge in [0, 0.05) is 44.0 Å². The minimum Gasteiger partial charge on any atom is -0.394 e. The highest BCUT2D eigenvalue weighted by atomic mass is 19.1. The first kappa shape index (κ1) is 27.0. The molecule has 1 saturated heterocycles. The van der Waals surface area contributed by atoms with E-state index in [-0.39, 0.29) is 35.8 Å². The Balaban J connectivity index is 1.38. The van der Waals surface area contributed by atoms with Gasteiger partial charge in [-0.1, -0.05) is 13.0 Å². The van der Waals surface area contributed by atoms with Gasteiger partial charge in [-0.2, -0.15) is 0 Å². The lowest BCUT2D eigenvalue weighted by molar-refractivity contribution is 0.0671. The van der Waals surface area contributed by atoms with E-state index in [1.165, 1.54) is 6.07 Å². The maximum absolute atomic E-state index is 15.0. The van der Waals surface area contributed by atoms with Crippen LogP contribution in [0.15, 0.2) is 36.7 Å². The summed E-state index contributed by atoms with van der Waals surface area (Å²) in [6, 6.07) is 6.56. The van der Waals surface area contributed by atoms with Gasteiger partial charge in [-0.3, -0.25) is 4.90 Å². The summed E-state index contributed by atoms with van der Waals surface area (Å²) in [5.74, 6) is 0.0880. The Hall–Kier alpha value is -3.54. The van der Waals surface area contributed by atoms with Crippen molar-refractivity contribution in [1.82, 2.24) is 34.3 Å². The van der Waals surface area contributed by atoms with Crippen molar-refractivity contribution in [2.45, 2.75) is 39.8 Å². The molecule has 9 nitrogen and oxygen atoms in total. The van der Waals surface area contributed by atoms with Crippen LogP contribution in [0.5, 0.6) is 0 Å². The number of rotatable bonds is 8. The van der Waals surface area contributed by atoms with Gasteiger partial charge in [-0.05, 0) is 51.1 Å². The van der Waals surface area contributed by atoms with Gasteiger partial charge in [0.2, 0.25) is 5.95 Å². The van der Waals surface area contributed by atoms with Crippen molar-refractivity contribution in [3.05, 3.63) is 59.7 Å². The van der Waals surface area contributed by atoms with Crippen LogP contribution in [0, 0.1) is 18.6 Å². The molecule has 0 amide bonds. The van der Waals surface area contributed by atoms with Crippen molar-refractivity contribution in [1.29, 1.82) is 0 Å². The Morgan fingerprint density at radius 1 is 1.00 bits per heavy atom. The van der Waals surface area contributed by atoms with Gasteiger partial charge in [0.1, 0.15) is 22.9 Å². The molecular weight excluding hydrogens is 502 g/mol. The summed E-state index contributed by atoms with van der Waals surface area (Å²) in [5, 5.41) is 13.1. The number of fused-ring (bicyclic) bond motifs is 1. The fourth-order valence-electron chi connectivity index (χ4n) is 5.30. The molecule has 0 aliphatic carbocycles. The van der Waals surface area contributed by atoms with Crippen LogP contribution >= 0.6 is 0 Å². The van der Waals surface area contributed by atoms with Crippen molar-refractivity contribution in [3.63, 3.8) is 0 Å². The highest BCUT2D eigenvalue weighted by Gasteiger charge is 2.24. The molecule has 206 valence electrons. The highest BCUT2D eigenvalue weighted by Crippen LogP contribution is 2.30. The zero-order chi connectivity index (χ0) is 27.7. The number of piperazine rings is 1. The van der Waals surface area contributed by atoms with Crippen LogP contribution in [-0.2, 0) is 0 Å². The van der Waals surface area contributed by atoms with Crippen LogP contribution in [0.1, 0.15) is 44.2 Å². The summed E-state index contributed by atoms with van der Waals surface area (Å²) >= 11 is 0. The summed E-state index contributed by atoms with van der Waals surface area (Å²) < 4.78 is 31.7. The van der Waals surface area contributed by atoms with Gasteiger partial charge in [0.25, 0.3) is 0 Å². The molecule has 1 aliphatic rings. The SMILES string of the molecule is CCN1CCN([C@H](CO)c2ccc(Nc3ncc(F)c(-c4cc(F)c5nc(C)n(C(C)C)c5c4)n3)nc2)CC1. The monoisotopic (exact) mass is 536 g/mol. The first-order valence-electron chi connectivity index (χ1n) is 13.3. The topological polar surface area (TPSA) is 95.2 Å². The Bertz CT molecular complexity index is 1450. The van der Waals surface area contributed by atoms with Crippen LogP contribution in [0.2, 0.25) is 0 Å². The number of imidazole rings is 1. The van der Waals surface area contributed by atoms with Gasteiger partial charge in [-0.15, -0.1) is 0 Å². The predicted molar refractivity (Wildman–Crippen MR) is 147 cm³/mol. The van der Waals surface area contributed by atoms with E-state index in [1.54, 1.807) is 18.3 Å². The molecule has 4 aromatic rings. The van der Waals surface area contributed by atoms with Gasteiger partial charge >= 0.3 is 0 Å². The second-order valence-corrected chi connectivity index (χ2v) is 10.1. The average molecular weight is 537 g/mol. The van der Waals surface area contributed by atoms with Crippen LogP contribution in [0.25, 0.3) is 22.3 Å². The highest BCUT2D eigenvalue weighted by molar-refractivity contribution is 5.83. The lowest BCUT2D eigenvalue weighted by Gasteiger charge is -2.38. The molecule has 1 atom stereocenters. The maximum Gasteiger partial charge on any atom is 0.229 e. The Labute approximate surface area is 226 Å². The zero-order valence-corrected chi connectivity index (χ0v) is 22.7. The zero-order valence-electron chi connectivity index (χ0n) is 22.7. The molecular formula is C28H34F2N8O. The third-order valence-electron chi connectivity index (χ3n) is 7.34. The summed E-state index contributed by atoms with van der Waals surface area (Å²) in [4.78, 5) is 21.9. The minimum absolute atomic E-state index is 0.00114. The number of aromatic nitrogens is 5. The molecule has 1 fully saturated rings. The third kappa shape index (κ3) is 5.47. The maximum atomic E-state index is 15.0. The number of nitrogens with one attached hydrogen (secondary N) is 1. The van der Waals surface area contributed by atoms with Gasteiger partial charge in [0.15, 0.2) is 11.6 Å². The largest absolute Gasteiger partial charge is 0.394 e. The van der Waals surface area contributed by atoms with E-state index in [4.69, 9.17) is 0 Å². The fourth-order valence-corrected chi connectivity index (χ4v) is 5.30. The van der Waals surface area contributed by atoms with E-state index < -0.39 is 11.6 Å². The lowest BCUT2D eigenvalue weighted by Crippen LogP contribution is -2.48. The first-order chi connectivity index (χ1) is 18.8. The lowest BCUT2D eigenvalue weighted by atomic mass is 10.1. The molecule has 0 radical (unpaired) electrons. The fraction of sp³-hybridized carbons (Fsp3) is 0.429. The van der Waals surface area contributed by atoms with E-state index in [9.17, 15) is 13.9 Å². The summed E-state index contributed by atoms with van der Waals surface area (Å²) in [5.41, 5.74) is 2.01. The molecule has 1 aliphatic heterocycles. The van der Waals surface area contributed by atoms with E-state index >= 15 is 0 Å². The molecule has 3 aromatic heterocycles. The van der Waals surface area contributed by atoms with Crippen LogP contribution in [0.4, 0.5) is 20.5 Å². The Kier molecular flexibility index (Phi) is 7.83. The molecule has 5 rings (SSSR count). The van der Waals surface area contributed by atoms with Crippen LogP contribution < -0.4 is 5.32 Å². The number of aliphatic hydroxyl groups is 1. The normalized spacial score (nSPS) is 15.8. The standard InChI is InChI=1S/C28H34F2N8O/c1-5-36-8-10-37(11-9-36)24(16-39)19-6-7-25(31-14-19)34-28-32-15-22(30)26(35-28)20-12-21(29)27-23(13-20)38(17(2)3)18(4)33-27/h6-7,12-15,17,24,39H,5,8-11,16H2,1-4H3,(H,31,32,34,35)/t24-/m1/s1. The number of hydrogen-bond donors (Lipinski definition) is 2. The quantitative estimate of drug-likeness (QED) is 0.341. The van der Waals surface area contributed by atoms with E-state index in [0.717, 1.165) is 44.5 Å². The molecule has 1 aromatic carbocycles. The first-order valence-corrected chi connectivity index (χ1v) is 13.3. The van der Waals surface area contributed by atoms with Crippen LogP contribution in [0.3, 0.4) is 0 Å². The molecule has 11 heteroatoms. The van der Waals surface area contributed by atoms with Gasteiger partial charge in [-0.25, -0.2) is 28.7 Å². The molecule has 0 spiro atoms. The van der Waals surface area contributed by atoms with E-state index in [2.05, 4.69) is 42.0 Å². The van der Waals surface area contributed by atoms with Crippen molar-refractivity contribution >= 4 is 22.8 Å². The molecule has 0 bridgehead atoms. The van der Waals surface area contributed by atoms with Crippen molar-refractivity contribution in [2.75, 3.05) is 44.6 Å². The summed E-state index contributed by atoms with van der Waals surface area (Å²) in [7, 11) is 0. The Morgan fingerprint density at radius 2 is 1.77 bits per heavy atom. The number of likely N-dealkylation sites (N-methyl/N-ethyl adjacent to an activating group) is 1. The number of benzene rings is 1. The number of hydrogen-bond acceptors (Lipinski definition) is 8. The second kappa shape index (κ2) is 11.3. The van der Waals surface area contributed by atoms with Crippen molar-refractivity contribution in [3.8, 4) is 11.3 Å². The smallest absolute Gasteiger partial charge is 0.229 e. The average Bonchev–Trinajstić information content (AvgIpc) is 3.28. The molecule has 0 saturated carbocycles. The molecule has 2 N–H and O–H groups in total. The number of halogens is 2. The number of pyridine rings is 1. The van der Waals surface area contributed by atoms with Gasteiger partial charge in [0.05, 0.1) is 24.4 Å². The number of anilines is 2. The molecule has 0 unspecified atom stereocenters. The van der Waals surface area contributed by atoms with E-state index in [1.807, 2.05) is 31.4 Å². The summed E-state index contributed by atoms with van der Waals surface area (Å²) in [6.07, 6.45) is 2.78. The van der Waals surface area contributed by atoms with Crippen molar-refractivity contribution in [2.24, 2.45) is 0 Å². The Morgan fingerprint density at radius 3 is 2.41 bits per heavy atom. The molecule has 39 heavy (non-hydrogen) atoms. The molecule has 4 heterocycles. The minimum atomic E-state index is -0.663.